The van der Waals surface area contributed by atoms with E-state index in [0.717, 1.165) is 18.9 Å². The van der Waals surface area contributed by atoms with Gasteiger partial charge in [-0.3, -0.25) is 14.8 Å². The fourth-order valence-electron chi connectivity index (χ4n) is 3.11. The summed E-state index contributed by atoms with van der Waals surface area (Å²) in [5, 5.41) is 2.74. The first-order chi connectivity index (χ1) is 13.3. The number of carbonyl (C=O) groups is 1. The molecule has 1 fully saturated rings. The van der Waals surface area contributed by atoms with Gasteiger partial charge in [0.25, 0.3) is 0 Å². The molecule has 0 atom stereocenters. The third-order valence-electron chi connectivity index (χ3n) is 4.76. The van der Waals surface area contributed by atoms with Gasteiger partial charge in [0.05, 0.1) is 12.1 Å². The predicted octanol–water partition coefficient (Wildman–Crippen LogP) is 2.99. The molecule has 1 aliphatic heterocycles. The minimum atomic E-state index is -4.51. The summed E-state index contributed by atoms with van der Waals surface area (Å²) >= 11 is 0. The molecule has 150 valence electrons. The quantitative estimate of drug-likeness (QED) is 0.846. The summed E-state index contributed by atoms with van der Waals surface area (Å²) in [6.07, 6.45) is 1.86. The summed E-state index contributed by atoms with van der Waals surface area (Å²) in [6.45, 7) is 3.53. The van der Waals surface area contributed by atoms with Crippen molar-refractivity contribution < 1.29 is 18.0 Å². The lowest BCUT2D eigenvalue weighted by atomic mass is 9.99. The van der Waals surface area contributed by atoms with E-state index < -0.39 is 11.9 Å². The van der Waals surface area contributed by atoms with E-state index in [4.69, 9.17) is 0 Å². The van der Waals surface area contributed by atoms with Gasteiger partial charge in [0.15, 0.2) is 0 Å². The first kappa shape index (κ1) is 20.0. The molecule has 0 bridgehead atoms. The first-order valence-corrected chi connectivity index (χ1v) is 9.16. The van der Waals surface area contributed by atoms with Crippen LogP contribution in [0.1, 0.15) is 36.7 Å². The molecule has 3 heterocycles. The lowest BCUT2D eigenvalue weighted by molar-refractivity contribution is -0.141. The number of anilines is 1. The zero-order chi connectivity index (χ0) is 20.1. The van der Waals surface area contributed by atoms with Crippen LogP contribution >= 0.6 is 0 Å². The maximum absolute atomic E-state index is 13.1. The molecule has 6 nitrogen and oxygen atoms in total. The predicted molar refractivity (Wildman–Crippen MR) is 97.4 cm³/mol. The van der Waals surface area contributed by atoms with Gasteiger partial charge in [0.1, 0.15) is 11.5 Å². The highest BCUT2D eigenvalue weighted by Gasteiger charge is 2.34. The number of aromatic nitrogens is 3. The molecule has 0 spiro atoms. The van der Waals surface area contributed by atoms with Crippen LogP contribution in [0.5, 0.6) is 0 Å². The number of pyridine rings is 1. The van der Waals surface area contributed by atoms with Crippen molar-refractivity contribution in [1.29, 1.82) is 0 Å². The Morgan fingerprint density at radius 3 is 2.64 bits per heavy atom. The van der Waals surface area contributed by atoms with Crippen molar-refractivity contribution in [3.8, 4) is 0 Å². The van der Waals surface area contributed by atoms with Crippen molar-refractivity contribution in [1.82, 2.24) is 20.3 Å². The number of rotatable bonds is 5. The number of hydrogen-bond acceptors (Lipinski definition) is 5. The largest absolute Gasteiger partial charge is 0.433 e. The molecule has 0 unspecified atom stereocenters. The number of carbonyl (C=O) groups excluding carboxylic acids is 1. The normalized spacial score (nSPS) is 15.5. The third-order valence-corrected chi connectivity index (χ3v) is 4.76. The highest BCUT2D eigenvalue weighted by molar-refractivity contribution is 5.78. The van der Waals surface area contributed by atoms with Crippen molar-refractivity contribution in [2.75, 3.05) is 18.0 Å². The number of nitrogens with one attached hydrogen (secondary N) is 1. The number of hydrogen-bond donors (Lipinski definition) is 1. The maximum atomic E-state index is 13.1. The standard InChI is InChI=1S/C19H22F3N5O/c1-13-4-8-27(9-5-13)18-14(2-3-16(26-18)19(20,21)22)11-25-17(28)10-15-12-23-6-7-24-15/h2-3,6-7,12-13H,4-5,8-11H2,1H3,(H,25,28). The molecule has 1 amide bonds. The maximum Gasteiger partial charge on any atom is 0.433 e. The first-order valence-electron chi connectivity index (χ1n) is 9.16. The zero-order valence-electron chi connectivity index (χ0n) is 15.5. The minimum Gasteiger partial charge on any atom is -0.356 e. The highest BCUT2D eigenvalue weighted by Crippen LogP contribution is 2.32. The number of halogens is 3. The van der Waals surface area contributed by atoms with Crippen LogP contribution in [-0.2, 0) is 23.9 Å². The van der Waals surface area contributed by atoms with Crippen LogP contribution in [0.3, 0.4) is 0 Å². The number of piperidine rings is 1. The summed E-state index contributed by atoms with van der Waals surface area (Å²) in [6, 6.07) is 2.35. The van der Waals surface area contributed by atoms with E-state index in [1.54, 1.807) is 0 Å². The molecule has 3 rings (SSSR count). The van der Waals surface area contributed by atoms with Gasteiger partial charge in [-0.15, -0.1) is 0 Å². The Morgan fingerprint density at radius 1 is 1.25 bits per heavy atom. The molecule has 2 aromatic heterocycles. The number of nitrogens with zero attached hydrogens (tertiary/aromatic N) is 4. The highest BCUT2D eigenvalue weighted by atomic mass is 19.4. The van der Waals surface area contributed by atoms with Crippen LogP contribution in [0.4, 0.5) is 19.0 Å². The van der Waals surface area contributed by atoms with Gasteiger partial charge in [0, 0.05) is 43.8 Å². The molecule has 0 radical (unpaired) electrons. The van der Waals surface area contributed by atoms with Gasteiger partial charge in [0.2, 0.25) is 5.91 Å². The molecule has 28 heavy (non-hydrogen) atoms. The van der Waals surface area contributed by atoms with Gasteiger partial charge in [-0.2, -0.15) is 13.2 Å². The molecule has 1 saturated heterocycles. The summed E-state index contributed by atoms with van der Waals surface area (Å²) in [4.78, 5) is 25.9. The molecule has 2 aromatic rings. The van der Waals surface area contributed by atoms with Crippen molar-refractivity contribution in [2.45, 2.75) is 38.9 Å². The topological polar surface area (TPSA) is 71.0 Å². The fraction of sp³-hybridized carbons (Fsp3) is 0.474. The number of amides is 1. The van der Waals surface area contributed by atoms with Crippen molar-refractivity contribution >= 4 is 11.7 Å². The van der Waals surface area contributed by atoms with Crippen LogP contribution in [0, 0.1) is 5.92 Å². The fourth-order valence-corrected chi connectivity index (χ4v) is 3.11. The molecular weight excluding hydrogens is 371 g/mol. The van der Waals surface area contributed by atoms with Crippen LogP contribution < -0.4 is 10.2 Å². The Bertz CT molecular complexity index is 805. The van der Waals surface area contributed by atoms with E-state index in [2.05, 4.69) is 27.2 Å². The van der Waals surface area contributed by atoms with Crippen molar-refractivity contribution in [3.63, 3.8) is 0 Å². The summed E-state index contributed by atoms with van der Waals surface area (Å²) < 4.78 is 39.4. The van der Waals surface area contributed by atoms with E-state index >= 15 is 0 Å². The monoisotopic (exact) mass is 393 g/mol. The smallest absolute Gasteiger partial charge is 0.356 e. The van der Waals surface area contributed by atoms with Crippen LogP contribution in [-0.4, -0.2) is 33.9 Å². The Morgan fingerprint density at radius 2 is 2.00 bits per heavy atom. The SMILES string of the molecule is CC1CCN(c2nc(C(F)(F)F)ccc2CNC(=O)Cc2cnccn2)CC1. The molecule has 0 aromatic carbocycles. The second kappa shape index (κ2) is 8.53. The lowest BCUT2D eigenvalue weighted by Crippen LogP contribution is -2.35. The molecule has 9 heteroatoms. The zero-order valence-corrected chi connectivity index (χ0v) is 15.5. The van der Waals surface area contributed by atoms with Gasteiger partial charge < -0.3 is 10.2 Å². The van der Waals surface area contributed by atoms with Crippen LogP contribution in [0.2, 0.25) is 0 Å². The van der Waals surface area contributed by atoms with Crippen molar-refractivity contribution in [3.05, 3.63) is 47.7 Å². The van der Waals surface area contributed by atoms with Gasteiger partial charge in [-0.1, -0.05) is 13.0 Å². The summed E-state index contributed by atoms with van der Waals surface area (Å²) in [5.41, 5.74) is 0.168. The second-order valence-corrected chi connectivity index (χ2v) is 7.00. The second-order valence-electron chi connectivity index (χ2n) is 7.00. The van der Waals surface area contributed by atoms with E-state index in [-0.39, 0.29) is 18.9 Å². The Kier molecular flexibility index (Phi) is 6.11. The Balaban J connectivity index is 1.74. The van der Waals surface area contributed by atoms with Gasteiger partial charge in [-0.05, 0) is 24.8 Å². The molecule has 1 N–H and O–H groups in total. The molecule has 0 aliphatic carbocycles. The van der Waals surface area contributed by atoms with Gasteiger partial charge in [-0.25, -0.2) is 4.98 Å². The van der Waals surface area contributed by atoms with Crippen LogP contribution in [0.15, 0.2) is 30.7 Å². The Hall–Kier alpha value is -2.71. The van der Waals surface area contributed by atoms with E-state index in [1.807, 2.05) is 4.90 Å². The summed E-state index contributed by atoms with van der Waals surface area (Å²) in [7, 11) is 0. The average Bonchev–Trinajstić information content (AvgIpc) is 2.67. The van der Waals surface area contributed by atoms with Crippen molar-refractivity contribution in [2.24, 2.45) is 5.92 Å². The average molecular weight is 393 g/mol. The number of alkyl halides is 3. The van der Waals surface area contributed by atoms with Gasteiger partial charge >= 0.3 is 6.18 Å². The van der Waals surface area contributed by atoms with E-state index in [1.165, 1.54) is 24.7 Å². The summed E-state index contributed by atoms with van der Waals surface area (Å²) in [5.74, 6) is 0.553. The third kappa shape index (κ3) is 5.17. The van der Waals surface area contributed by atoms with Crippen LogP contribution in [0.25, 0.3) is 0 Å². The molecule has 0 saturated carbocycles. The minimum absolute atomic E-state index is 0.0540. The molecular formula is C19H22F3N5O. The lowest BCUT2D eigenvalue weighted by Gasteiger charge is -2.33. The van der Waals surface area contributed by atoms with E-state index in [9.17, 15) is 18.0 Å². The van der Waals surface area contributed by atoms with E-state index in [0.29, 0.717) is 36.1 Å². The molecule has 1 aliphatic rings. The Labute approximate surface area is 161 Å².